The number of aliphatic hydroxyl groups is 1. The first kappa shape index (κ1) is 27.5. The number of sulfonamides is 1. The van der Waals surface area contributed by atoms with Crippen molar-refractivity contribution in [2.75, 3.05) is 18.9 Å². The molecule has 13 heteroatoms. The van der Waals surface area contributed by atoms with Gasteiger partial charge in [0.15, 0.2) is 5.82 Å². The van der Waals surface area contributed by atoms with Crippen molar-refractivity contribution in [3.8, 4) is 34.6 Å². The number of para-hydroxylation sites is 1. The van der Waals surface area contributed by atoms with Crippen molar-refractivity contribution < 1.29 is 27.4 Å². The minimum Gasteiger partial charge on any atom is -0.494 e. The molecule has 0 fully saturated rings. The van der Waals surface area contributed by atoms with Crippen molar-refractivity contribution >= 4 is 16.0 Å². The van der Waals surface area contributed by atoms with Crippen LogP contribution in [0.5, 0.6) is 11.5 Å². The summed E-state index contributed by atoms with van der Waals surface area (Å²) in [6, 6.07) is 12.0. The van der Waals surface area contributed by atoms with Crippen LogP contribution in [0.3, 0.4) is 0 Å². The van der Waals surface area contributed by atoms with Gasteiger partial charge in [0.25, 0.3) is 0 Å². The molecule has 2 heterocycles. The third-order valence-corrected chi connectivity index (χ3v) is 7.74. The van der Waals surface area contributed by atoms with Gasteiger partial charge in [-0.05, 0) is 49.7 Å². The van der Waals surface area contributed by atoms with Gasteiger partial charge >= 0.3 is 0 Å². The molecule has 0 saturated carbocycles. The maximum atomic E-state index is 14.6. The highest BCUT2D eigenvalue weighted by atomic mass is 32.2. The SMILES string of the molecule is COc1cccc(OC)c1-n1c(NS(=O)(=O)C(C)C(O)c2ccc(C#N)cc2F)nnc1-c1cncc(C)c1. The standard InChI is InChI=1S/C26H25FN6O5S/c1-15-10-18(14-29-13-15)25-30-31-26(33(25)23-21(37-3)6-5-7-22(23)38-4)32-39(35,36)16(2)24(34)19-9-8-17(12-28)11-20(19)27/h5-11,13-14,16,24,34H,1-4H3,(H,31,32). The van der Waals surface area contributed by atoms with Gasteiger partial charge in [0, 0.05) is 23.5 Å². The molecule has 11 nitrogen and oxygen atoms in total. The van der Waals surface area contributed by atoms with Crippen molar-refractivity contribution in [2.45, 2.75) is 25.2 Å². The summed E-state index contributed by atoms with van der Waals surface area (Å²) in [4.78, 5) is 4.20. The molecule has 2 atom stereocenters. The van der Waals surface area contributed by atoms with Crippen LogP contribution in [0.1, 0.15) is 29.7 Å². The predicted octanol–water partition coefficient (Wildman–Crippen LogP) is 3.53. The fourth-order valence-corrected chi connectivity index (χ4v) is 5.02. The Morgan fingerprint density at radius 1 is 1.10 bits per heavy atom. The maximum Gasteiger partial charge on any atom is 0.243 e. The third kappa shape index (κ3) is 5.38. The smallest absolute Gasteiger partial charge is 0.243 e. The second-order valence-corrected chi connectivity index (χ2v) is 10.6. The Balaban J connectivity index is 1.83. The largest absolute Gasteiger partial charge is 0.494 e. The molecule has 0 saturated heterocycles. The van der Waals surface area contributed by atoms with Gasteiger partial charge in [0.1, 0.15) is 34.4 Å². The van der Waals surface area contributed by atoms with Crippen LogP contribution in [0, 0.1) is 24.1 Å². The zero-order valence-electron chi connectivity index (χ0n) is 21.5. The topological polar surface area (TPSA) is 152 Å². The van der Waals surface area contributed by atoms with Crippen molar-refractivity contribution in [1.29, 1.82) is 5.26 Å². The van der Waals surface area contributed by atoms with Crippen molar-refractivity contribution in [1.82, 2.24) is 19.7 Å². The van der Waals surface area contributed by atoms with E-state index in [2.05, 4.69) is 19.9 Å². The van der Waals surface area contributed by atoms with Crippen molar-refractivity contribution in [3.63, 3.8) is 0 Å². The molecule has 0 radical (unpaired) electrons. The van der Waals surface area contributed by atoms with E-state index in [1.165, 1.54) is 37.8 Å². The second-order valence-electron chi connectivity index (χ2n) is 8.59. The molecule has 0 aliphatic rings. The number of aryl methyl sites for hydroxylation is 1. The van der Waals surface area contributed by atoms with Gasteiger partial charge in [-0.15, -0.1) is 10.2 Å². The van der Waals surface area contributed by atoms with E-state index >= 15 is 0 Å². The Bertz CT molecular complexity index is 1650. The Morgan fingerprint density at radius 3 is 2.38 bits per heavy atom. The van der Waals surface area contributed by atoms with E-state index in [9.17, 15) is 17.9 Å². The molecule has 2 N–H and O–H groups in total. The summed E-state index contributed by atoms with van der Waals surface area (Å²) in [6.45, 7) is 3.07. The Hall–Kier alpha value is -4.54. The summed E-state index contributed by atoms with van der Waals surface area (Å²) in [5.74, 6) is -0.222. The molecule has 39 heavy (non-hydrogen) atoms. The first-order valence-electron chi connectivity index (χ1n) is 11.6. The Morgan fingerprint density at radius 2 is 1.79 bits per heavy atom. The van der Waals surface area contributed by atoms with E-state index in [1.807, 2.05) is 6.92 Å². The summed E-state index contributed by atoms with van der Waals surface area (Å²) < 4.78 is 56.3. The van der Waals surface area contributed by atoms with Crippen LogP contribution in [-0.2, 0) is 10.0 Å². The number of methoxy groups -OCH3 is 2. The highest BCUT2D eigenvalue weighted by molar-refractivity contribution is 7.93. The van der Waals surface area contributed by atoms with Crippen molar-refractivity contribution in [3.05, 3.63) is 77.4 Å². The number of pyridine rings is 1. The number of aliphatic hydroxyl groups excluding tert-OH is 1. The number of nitriles is 1. The Kier molecular flexibility index (Phi) is 7.80. The minimum absolute atomic E-state index is 0.0362. The monoisotopic (exact) mass is 552 g/mol. The Labute approximate surface area is 224 Å². The van der Waals surface area contributed by atoms with E-state index in [-0.39, 0.29) is 22.9 Å². The van der Waals surface area contributed by atoms with Crippen LogP contribution >= 0.6 is 0 Å². The lowest BCUT2D eigenvalue weighted by Crippen LogP contribution is -2.32. The summed E-state index contributed by atoms with van der Waals surface area (Å²) in [7, 11) is -1.49. The molecule has 4 rings (SSSR count). The van der Waals surface area contributed by atoms with E-state index in [4.69, 9.17) is 14.7 Å². The van der Waals surface area contributed by atoms with E-state index in [1.54, 1.807) is 42.7 Å². The van der Waals surface area contributed by atoms with Gasteiger partial charge in [-0.25, -0.2) is 12.8 Å². The number of benzene rings is 2. The highest BCUT2D eigenvalue weighted by Crippen LogP contribution is 2.38. The number of nitrogens with one attached hydrogen (secondary N) is 1. The molecule has 0 aliphatic carbocycles. The maximum absolute atomic E-state index is 14.6. The number of anilines is 1. The van der Waals surface area contributed by atoms with Crippen LogP contribution in [0.15, 0.2) is 54.9 Å². The fraction of sp³-hybridized carbons (Fsp3) is 0.231. The summed E-state index contributed by atoms with van der Waals surface area (Å²) in [5, 5.41) is 26.5. The highest BCUT2D eigenvalue weighted by Gasteiger charge is 2.33. The predicted molar refractivity (Wildman–Crippen MR) is 141 cm³/mol. The average Bonchev–Trinajstić information content (AvgIpc) is 3.33. The second kappa shape index (κ2) is 11.1. The lowest BCUT2D eigenvalue weighted by atomic mass is 10.0. The molecular formula is C26H25FN6O5S. The van der Waals surface area contributed by atoms with Crippen LogP contribution in [0.4, 0.5) is 10.3 Å². The number of ether oxygens (including phenoxy) is 2. The molecule has 4 aromatic rings. The van der Waals surface area contributed by atoms with Gasteiger partial charge in [-0.3, -0.25) is 14.3 Å². The average molecular weight is 553 g/mol. The fourth-order valence-electron chi connectivity index (χ4n) is 3.96. The molecule has 2 aromatic heterocycles. The van der Waals surface area contributed by atoms with Crippen molar-refractivity contribution in [2.24, 2.45) is 0 Å². The number of rotatable bonds is 9. The van der Waals surface area contributed by atoms with Gasteiger partial charge in [0.2, 0.25) is 16.0 Å². The molecule has 0 amide bonds. The lowest BCUT2D eigenvalue weighted by molar-refractivity contribution is 0.171. The van der Waals surface area contributed by atoms with Gasteiger partial charge in [-0.2, -0.15) is 5.26 Å². The zero-order chi connectivity index (χ0) is 28.3. The van der Waals surface area contributed by atoms with E-state index in [0.29, 0.717) is 22.7 Å². The quantitative estimate of drug-likeness (QED) is 0.318. The first-order valence-corrected chi connectivity index (χ1v) is 13.1. The number of aromatic nitrogens is 4. The molecule has 2 unspecified atom stereocenters. The number of hydrogen-bond acceptors (Lipinski definition) is 9. The van der Waals surface area contributed by atoms with Crippen LogP contribution in [-0.4, -0.2) is 52.7 Å². The van der Waals surface area contributed by atoms with Gasteiger partial charge < -0.3 is 14.6 Å². The van der Waals surface area contributed by atoms with Gasteiger partial charge in [0.05, 0.1) is 25.9 Å². The van der Waals surface area contributed by atoms with Crippen LogP contribution in [0.2, 0.25) is 0 Å². The molecular weight excluding hydrogens is 527 g/mol. The van der Waals surface area contributed by atoms with E-state index in [0.717, 1.165) is 11.6 Å². The summed E-state index contributed by atoms with van der Waals surface area (Å²) in [5.41, 5.74) is 1.44. The summed E-state index contributed by atoms with van der Waals surface area (Å²) in [6.07, 6.45) is 1.45. The summed E-state index contributed by atoms with van der Waals surface area (Å²) >= 11 is 0. The number of halogens is 1. The molecule has 2 aromatic carbocycles. The number of hydrogen-bond donors (Lipinski definition) is 2. The first-order chi connectivity index (χ1) is 18.6. The third-order valence-electron chi connectivity index (χ3n) is 6.04. The molecule has 0 spiro atoms. The molecule has 0 aliphatic heterocycles. The van der Waals surface area contributed by atoms with Crippen LogP contribution < -0.4 is 14.2 Å². The van der Waals surface area contributed by atoms with E-state index < -0.39 is 27.2 Å². The minimum atomic E-state index is -4.39. The van der Waals surface area contributed by atoms with Crippen LogP contribution in [0.25, 0.3) is 17.1 Å². The number of nitrogens with zero attached hydrogens (tertiary/aromatic N) is 5. The molecule has 202 valence electrons. The molecule has 0 bridgehead atoms. The van der Waals surface area contributed by atoms with Gasteiger partial charge in [-0.1, -0.05) is 12.1 Å². The normalized spacial score (nSPS) is 12.8. The lowest BCUT2D eigenvalue weighted by Gasteiger charge is -2.22. The zero-order valence-corrected chi connectivity index (χ0v) is 22.3.